The zero-order valence-corrected chi connectivity index (χ0v) is 18.8. The fourth-order valence-electron chi connectivity index (χ4n) is 3.71. The Balaban J connectivity index is 1.53. The van der Waals surface area contributed by atoms with E-state index >= 15 is 0 Å². The van der Waals surface area contributed by atoms with E-state index in [9.17, 15) is 24.6 Å². The third-order valence-corrected chi connectivity index (χ3v) is 5.99. The zero-order chi connectivity index (χ0) is 23.4. The van der Waals surface area contributed by atoms with E-state index in [1.165, 1.54) is 26.2 Å². The lowest BCUT2D eigenvalue weighted by Crippen LogP contribution is -2.32. The number of benzene rings is 2. The molecule has 2 N–H and O–H groups in total. The molecule has 0 bridgehead atoms. The number of phenols is 1. The maximum absolute atomic E-state index is 12.6. The zero-order valence-electron chi connectivity index (χ0n) is 18.0. The van der Waals surface area contributed by atoms with Crippen LogP contribution in [0.25, 0.3) is 11.0 Å². The van der Waals surface area contributed by atoms with Gasteiger partial charge in [0.15, 0.2) is 5.78 Å². The van der Waals surface area contributed by atoms with Gasteiger partial charge in [0.25, 0.3) is 0 Å². The second kappa shape index (κ2) is 9.91. The van der Waals surface area contributed by atoms with Gasteiger partial charge in [-0.2, -0.15) is 0 Å². The molecule has 170 valence electrons. The molecule has 0 aliphatic heterocycles. The van der Waals surface area contributed by atoms with Crippen LogP contribution in [-0.4, -0.2) is 49.2 Å². The highest BCUT2D eigenvalue weighted by molar-refractivity contribution is 6.31. The van der Waals surface area contributed by atoms with Gasteiger partial charge in [0.1, 0.15) is 5.75 Å². The van der Waals surface area contributed by atoms with Gasteiger partial charge in [0.2, 0.25) is 0 Å². The average molecular weight is 460 g/mol. The van der Waals surface area contributed by atoms with Crippen LogP contribution in [-0.2, 0) is 20.5 Å². The first-order valence-corrected chi connectivity index (χ1v) is 10.7. The van der Waals surface area contributed by atoms with Crippen molar-refractivity contribution in [1.29, 1.82) is 0 Å². The molecule has 3 aromatic rings. The summed E-state index contributed by atoms with van der Waals surface area (Å²) in [6.45, 7) is 0.580. The van der Waals surface area contributed by atoms with E-state index in [-0.39, 0.29) is 23.8 Å². The maximum atomic E-state index is 12.6. The molecule has 0 saturated heterocycles. The second-order valence-corrected chi connectivity index (χ2v) is 8.19. The Morgan fingerprint density at radius 3 is 2.41 bits per heavy atom. The Labute approximate surface area is 190 Å². The van der Waals surface area contributed by atoms with Crippen molar-refractivity contribution in [1.82, 2.24) is 14.0 Å². The van der Waals surface area contributed by atoms with Gasteiger partial charge in [-0.05, 0) is 55.2 Å². The third kappa shape index (κ3) is 5.13. The topological polar surface area (TPSA) is 105 Å². The van der Waals surface area contributed by atoms with E-state index in [0.717, 1.165) is 11.1 Å². The Kier molecular flexibility index (Phi) is 7.25. The van der Waals surface area contributed by atoms with Gasteiger partial charge in [-0.3, -0.25) is 13.9 Å². The second-order valence-electron chi connectivity index (χ2n) is 7.78. The van der Waals surface area contributed by atoms with Crippen molar-refractivity contribution in [3.8, 4) is 5.75 Å². The third-order valence-electron chi connectivity index (χ3n) is 5.63. The number of unbranched alkanes of at least 4 members (excludes halogenated alkanes) is 1. The molecular weight excluding hydrogens is 434 g/mol. The Morgan fingerprint density at radius 1 is 1.00 bits per heavy atom. The summed E-state index contributed by atoms with van der Waals surface area (Å²) >= 11 is 6.08. The highest BCUT2D eigenvalue weighted by Gasteiger charge is 2.15. The quantitative estimate of drug-likeness (QED) is 0.374. The number of hydrogen-bond donors (Lipinski definition) is 2. The number of fused-ring (bicyclic) bond motifs is 1. The van der Waals surface area contributed by atoms with E-state index in [1.54, 1.807) is 38.4 Å². The van der Waals surface area contributed by atoms with Crippen LogP contribution in [0.2, 0.25) is 5.02 Å². The number of nitrogens with zero attached hydrogens (tertiary/aromatic N) is 3. The van der Waals surface area contributed by atoms with Gasteiger partial charge in [0.05, 0.1) is 11.0 Å². The van der Waals surface area contributed by atoms with E-state index in [4.69, 9.17) is 11.6 Å². The maximum Gasteiger partial charge on any atom is 0.407 e. The van der Waals surface area contributed by atoms with Gasteiger partial charge >= 0.3 is 11.8 Å². The SMILES string of the molecule is Cn1c(=O)n(C)c2cc(C(=O)CCCCN(CCc3ccc(O)cc3Cl)C(=O)O)ccc21. The van der Waals surface area contributed by atoms with Crippen molar-refractivity contribution in [3.05, 3.63) is 63.0 Å². The minimum Gasteiger partial charge on any atom is -0.508 e. The lowest BCUT2D eigenvalue weighted by molar-refractivity contribution is 0.0978. The average Bonchev–Trinajstić information content (AvgIpc) is 2.97. The summed E-state index contributed by atoms with van der Waals surface area (Å²) in [6, 6.07) is 9.83. The number of phenolic OH excluding ortho intramolecular Hbond substituents is 1. The highest BCUT2D eigenvalue weighted by atomic mass is 35.5. The van der Waals surface area contributed by atoms with Crippen LogP contribution in [0.15, 0.2) is 41.2 Å². The molecule has 0 radical (unpaired) electrons. The molecule has 9 heteroatoms. The molecule has 3 rings (SSSR count). The van der Waals surface area contributed by atoms with Crippen LogP contribution in [0, 0.1) is 0 Å². The summed E-state index contributed by atoms with van der Waals surface area (Å²) in [4.78, 5) is 37.5. The number of Topliss-reactive ketones (excluding diaryl/α,β-unsaturated/α-hetero) is 1. The number of carbonyl (C=O) groups is 2. The van der Waals surface area contributed by atoms with E-state index in [1.807, 2.05) is 0 Å². The largest absolute Gasteiger partial charge is 0.508 e. The van der Waals surface area contributed by atoms with Gasteiger partial charge in [0, 0.05) is 44.2 Å². The normalized spacial score (nSPS) is 11.1. The molecule has 8 nitrogen and oxygen atoms in total. The summed E-state index contributed by atoms with van der Waals surface area (Å²) in [7, 11) is 3.36. The number of aryl methyl sites for hydroxylation is 2. The lowest BCUT2D eigenvalue weighted by Gasteiger charge is -2.19. The van der Waals surface area contributed by atoms with Crippen LogP contribution in [0.3, 0.4) is 0 Å². The summed E-state index contributed by atoms with van der Waals surface area (Å²) in [5.74, 6) is 0.0214. The standard InChI is InChI=1S/C23H26ClN3O5/c1-25-19-9-7-16(13-20(19)26(2)22(25)30)21(29)5-3-4-11-27(23(31)32)12-10-15-6-8-17(28)14-18(15)24/h6-9,13-14,28H,3-5,10-12H2,1-2H3,(H,31,32). The van der Waals surface area contributed by atoms with Crippen molar-refractivity contribution >= 4 is 34.5 Å². The molecular formula is C23H26ClN3O5. The first kappa shape index (κ1) is 23.4. The molecule has 0 atom stereocenters. The first-order chi connectivity index (χ1) is 15.2. The molecule has 0 aliphatic rings. The van der Waals surface area contributed by atoms with Crippen LogP contribution < -0.4 is 5.69 Å². The number of rotatable bonds is 9. The first-order valence-electron chi connectivity index (χ1n) is 10.3. The number of ketones is 1. The van der Waals surface area contributed by atoms with Gasteiger partial charge in [-0.25, -0.2) is 9.59 Å². The van der Waals surface area contributed by atoms with E-state index in [0.29, 0.717) is 48.3 Å². The molecule has 1 amide bonds. The van der Waals surface area contributed by atoms with Gasteiger partial charge in [-0.1, -0.05) is 17.7 Å². The number of aromatic nitrogens is 2. The molecule has 0 fully saturated rings. The van der Waals surface area contributed by atoms with Crippen molar-refractivity contribution in [2.75, 3.05) is 13.1 Å². The molecule has 32 heavy (non-hydrogen) atoms. The lowest BCUT2D eigenvalue weighted by atomic mass is 10.0. The molecule has 0 aliphatic carbocycles. The van der Waals surface area contributed by atoms with Crippen molar-refractivity contribution < 1.29 is 19.8 Å². The monoisotopic (exact) mass is 459 g/mol. The van der Waals surface area contributed by atoms with Crippen LogP contribution in [0.1, 0.15) is 35.2 Å². The van der Waals surface area contributed by atoms with Crippen LogP contribution in [0.5, 0.6) is 5.75 Å². The molecule has 0 spiro atoms. The highest BCUT2D eigenvalue weighted by Crippen LogP contribution is 2.22. The smallest absolute Gasteiger partial charge is 0.407 e. The summed E-state index contributed by atoms with van der Waals surface area (Å²) in [6.07, 6.45) is 0.799. The minimum atomic E-state index is -1.03. The Morgan fingerprint density at radius 2 is 1.72 bits per heavy atom. The number of halogens is 1. The predicted molar refractivity (Wildman–Crippen MR) is 123 cm³/mol. The molecule has 0 saturated carbocycles. The Bertz CT molecular complexity index is 1210. The summed E-state index contributed by atoms with van der Waals surface area (Å²) < 4.78 is 3.05. The Hall–Kier alpha value is -3.26. The van der Waals surface area contributed by atoms with Gasteiger partial charge < -0.3 is 15.1 Å². The molecule has 2 aromatic carbocycles. The fraction of sp³-hybridized carbons (Fsp3) is 0.348. The van der Waals surface area contributed by atoms with Crippen molar-refractivity contribution in [2.24, 2.45) is 14.1 Å². The fourth-order valence-corrected chi connectivity index (χ4v) is 3.98. The number of carbonyl (C=O) groups excluding carboxylic acids is 1. The molecule has 0 unspecified atom stereocenters. The molecule has 1 heterocycles. The number of carboxylic acid groups (broad SMARTS) is 1. The van der Waals surface area contributed by atoms with Crippen molar-refractivity contribution in [3.63, 3.8) is 0 Å². The summed E-state index contributed by atoms with van der Waals surface area (Å²) in [5, 5.41) is 19.3. The number of imidazole rings is 1. The number of amides is 1. The van der Waals surface area contributed by atoms with Crippen LogP contribution in [0.4, 0.5) is 4.79 Å². The van der Waals surface area contributed by atoms with Gasteiger partial charge in [-0.15, -0.1) is 0 Å². The van der Waals surface area contributed by atoms with Crippen LogP contribution >= 0.6 is 11.6 Å². The summed E-state index contributed by atoms with van der Waals surface area (Å²) in [5.41, 5.74) is 2.62. The van der Waals surface area contributed by atoms with E-state index < -0.39 is 6.09 Å². The number of aromatic hydroxyl groups is 1. The predicted octanol–water partition coefficient (Wildman–Crippen LogP) is 3.81. The van der Waals surface area contributed by atoms with Crippen molar-refractivity contribution in [2.45, 2.75) is 25.7 Å². The van der Waals surface area contributed by atoms with E-state index in [2.05, 4.69) is 0 Å². The molecule has 1 aromatic heterocycles. The minimum absolute atomic E-state index is 0.0408. The number of hydrogen-bond acceptors (Lipinski definition) is 4.